The number of amides is 1. The highest BCUT2D eigenvalue weighted by molar-refractivity contribution is 5.87. The first kappa shape index (κ1) is 16.2. The van der Waals surface area contributed by atoms with Gasteiger partial charge in [-0.1, -0.05) is 36.4 Å². The molecule has 1 heterocycles. The van der Waals surface area contributed by atoms with E-state index in [1.165, 1.54) is 17.7 Å². The molecule has 0 saturated heterocycles. The van der Waals surface area contributed by atoms with Crippen molar-refractivity contribution in [2.24, 2.45) is 0 Å². The Balaban J connectivity index is 1.56. The van der Waals surface area contributed by atoms with E-state index in [0.29, 0.717) is 26.2 Å². The van der Waals surface area contributed by atoms with E-state index in [-0.39, 0.29) is 17.4 Å². The van der Waals surface area contributed by atoms with Crippen LogP contribution in [0.4, 0.5) is 0 Å². The Morgan fingerprint density at radius 3 is 2.62 bits per heavy atom. The van der Waals surface area contributed by atoms with Crippen LogP contribution in [-0.2, 0) is 22.7 Å². The molecule has 0 radical (unpaired) electrons. The van der Waals surface area contributed by atoms with Crippen molar-refractivity contribution in [3.05, 3.63) is 70.8 Å². The van der Waals surface area contributed by atoms with E-state index in [9.17, 15) is 9.59 Å². The highest BCUT2D eigenvalue weighted by Gasteiger charge is 2.22. The van der Waals surface area contributed by atoms with Crippen LogP contribution in [0.5, 0.6) is 0 Å². The molecule has 24 heavy (non-hydrogen) atoms. The number of benzene rings is 2. The van der Waals surface area contributed by atoms with Gasteiger partial charge in [0.25, 0.3) is 0 Å². The van der Waals surface area contributed by atoms with Gasteiger partial charge in [-0.05, 0) is 28.8 Å². The minimum atomic E-state index is -0.957. The highest BCUT2D eigenvalue weighted by atomic mass is 16.5. The number of rotatable bonds is 5. The number of ether oxygens (including phenoxy) is 1. The number of hydrogen-bond acceptors (Lipinski definition) is 3. The molecule has 1 aliphatic rings. The Kier molecular flexibility index (Phi) is 4.91. The molecule has 0 spiro atoms. The number of carboxylic acid groups (broad SMARTS) is 1. The fourth-order valence-corrected chi connectivity index (χ4v) is 2.90. The van der Waals surface area contributed by atoms with E-state index in [4.69, 9.17) is 9.84 Å². The molecule has 0 bridgehead atoms. The summed E-state index contributed by atoms with van der Waals surface area (Å²) in [5.41, 5.74) is 3.44. The number of carbonyl (C=O) groups is 2. The molecule has 0 saturated carbocycles. The summed E-state index contributed by atoms with van der Waals surface area (Å²) in [7, 11) is 0. The maximum Gasteiger partial charge on any atom is 0.335 e. The van der Waals surface area contributed by atoms with E-state index >= 15 is 0 Å². The Morgan fingerprint density at radius 2 is 1.88 bits per heavy atom. The van der Waals surface area contributed by atoms with E-state index in [1.807, 2.05) is 18.2 Å². The Labute approximate surface area is 140 Å². The SMILES string of the molecule is O=C(CC1COCc2ccccc21)NCc1ccc(C(=O)O)cc1. The molecule has 3 rings (SSSR count). The van der Waals surface area contributed by atoms with Crippen molar-refractivity contribution in [3.63, 3.8) is 0 Å². The van der Waals surface area contributed by atoms with E-state index in [2.05, 4.69) is 11.4 Å². The van der Waals surface area contributed by atoms with Gasteiger partial charge in [0.05, 0.1) is 18.8 Å². The molecule has 0 fully saturated rings. The van der Waals surface area contributed by atoms with Crippen LogP contribution < -0.4 is 5.32 Å². The summed E-state index contributed by atoms with van der Waals surface area (Å²) in [5, 5.41) is 11.8. The van der Waals surface area contributed by atoms with Crippen LogP contribution >= 0.6 is 0 Å². The van der Waals surface area contributed by atoms with Gasteiger partial charge in [0.2, 0.25) is 5.91 Å². The molecule has 2 aromatic rings. The number of aromatic carboxylic acids is 1. The minimum absolute atomic E-state index is 0.0392. The largest absolute Gasteiger partial charge is 0.478 e. The maximum atomic E-state index is 12.2. The third-order valence-electron chi connectivity index (χ3n) is 4.19. The van der Waals surface area contributed by atoms with Crippen LogP contribution in [0.1, 0.15) is 39.4 Å². The summed E-state index contributed by atoms with van der Waals surface area (Å²) in [6.45, 7) is 1.54. The van der Waals surface area contributed by atoms with Gasteiger partial charge < -0.3 is 15.2 Å². The van der Waals surface area contributed by atoms with Crippen molar-refractivity contribution in [3.8, 4) is 0 Å². The van der Waals surface area contributed by atoms with Crippen LogP contribution in [0.3, 0.4) is 0 Å². The number of fused-ring (bicyclic) bond motifs is 1. The van der Waals surface area contributed by atoms with Crippen LogP contribution in [0.2, 0.25) is 0 Å². The lowest BCUT2D eigenvalue weighted by molar-refractivity contribution is -0.122. The molecular weight excluding hydrogens is 306 g/mol. The Bertz CT molecular complexity index is 739. The van der Waals surface area contributed by atoms with Crippen molar-refractivity contribution in [2.45, 2.75) is 25.5 Å². The molecule has 1 unspecified atom stereocenters. The number of carbonyl (C=O) groups excluding carboxylic acids is 1. The molecule has 2 N–H and O–H groups in total. The first-order chi connectivity index (χ1) is 11.6. The van der Waals surface area contributed by atoms with Crippen molar-refractivity contribution in [1.29, 1.82) is 0 Å². The summed E-state index contributed by atoms with van der Waals surface area (Å²) in [6.07, 6.45) is 0.379. The number of hydrogen-bond donors (Lipinski definition) is 2. The van der Waals surface area contributed by atoms with Crippen molar-refractivity contribution < 1.29 is 19.4 Å². The monoisotopic (exact) mass is 325 g/mol. The lowest BCUT2D eigenvalue weighted by Gasteiger charge is -2.25. The summed E-state index contributed by atoms with van der Waals surface area (Å²) >= 11 is 0. The molecule has 1 amide bonds. The van der Waals surface area contributed by atoms with E-state index in [1.54, 1.807) is 12.1 Å². The average molecular weight is 325 g/mol. The van der Waals surface area contributed by atoms with Gasteiger partial charge in [0, 0.05) is 18.9 Å². The van der Waals surface area contributed by atoms with Gasteiger partial charge in [-0.15, -0.1) is 0 Å². The lowest BCUT2D eigenvalue weighted by Crippen LogP contribution is -2.27. The summed E-state index contributed by atoms with van der Waals surface area (Å²) < 4.78 is 5.57. The predicted molar refractivity (Wildman–Crippen MR) is 88.7 cm³/mol. The maximum absolute atomic E-state index is 12.2. The van der Waals surface area contributed by atoms with Crippen molar-refractivity contribution in [1.82, 2.24) is 5.32 Å². The zero-order chi connectivity index (χ0) is 16.9. The quantitative estimate of drug-likeness (QED) is 0.886. The molecule has 124 valence electrons. The first-order valence-electron chi connectivity index (χ1n) is 7.88. The molecule has 2 aromatic carbocycles. The molecule has 5 nitrogen and oxygen atoms in total. The zero-order valence-electron chi connectivity index (χ0n) is 13.2. The highest BCUT2D eigenvalue weighted by Crippen LogP contribution is 2.28. The standard InChI is InChI=1S/C19H19NO4/c21-18(20-10-13-5-7-14(8-6-13)19(22)23)9-16-12-24-11-15-3-1-2-4-17(15)16/h1-8,16H,9-12H2,(H,20,21)(H,22,23). The second kappa shape index (κ2) is 7.27. The van der Waals surface area contributed by atoms with Crippen molar-refractivity contribution in [2.75, 3.05) is 6.61 Å². The third kappa shape index (κ3) is 3.81. The van der Waals surface area contributed by atoms with Gasteiger partial charge in [-0.2, -0.15) is 0 Å². The van der Waals surface area contributed by atoms with Gasteiger partial charge in [-0.25, -0.2) is 4.79 Å². The Morgan fingerprint density at radius 1 is 1.12 bits per heavy atom. The second-order valence-corrected chi connectivity index (χ2v) is 5.89. The topological polar surface area (TPSA) is 75.6 Å². The first-order valence-corrected chi connectivity index (χ1v) is 7.88. The molecular formula is C19H19NO4. The second-order valence-electron chi connectivity index (χ2n) is 5.89. The molecule has 5 heteroatoms. The molecule has 0 aromatic heterocycles. The summed E-state index contributed by atoms with van der Waals surface area (Å²) in [4.78, 5) is 23.0. The molecule has 1 aliphatic heterocycles. The summed E-state index contributed by atoms with van der Waals surface area (Å²) in [5.74, 6) is -0.923. The van der Waals surface area contributed by atoms with Crippen LogP contribution in [-0.4, -0.2) is 23.6 Å². The van der Waals surface area contributed by atoms with Gasteiger partial charge in [0.1, 0.15) is 0 Å². The lowest BCUT2D eigenvalue weighted by atomic mass is 9.90. The van der Waals surface area contributed by atoms with E-state index < -0.39 is 5.97 Å². The van der Waals surface area contributed by atoms with E-state index in [0.717, 1.165) is 11.1 Å². The summed E-state index contributed by atoms with van der Waals surface area (Å²) in [6, 6.07) is 14.5. The number of nitrogens with one attached hydrogen (secondary N) is 1. The zero-order valence-corrected chi connectivity index (χ0v) is 13.2. The van der Waals surface area contributed by atoms with Gasteiger partial charge >= 0.3 is 5.97 Å². The Hall–Kier alpha value is -2.66. The molecule has 0 aliphatic carbocycles. The van der Waals surface area contributed by atoms with Crippen LogP contribution in [0.15, 0.2) is 48.5 Å². The van der Waals surface area contributed by atoms with Crippen LogP contribution in [0.25, 0.3) is 0 Å². The van der Waals surface area contributed by atoms with Crippen molar-refractivity contribution >= 4 is 11.9 Å². The fourth-order valence-electron chi connectivity index (χ4n) is 2.90. The predicted octanol–water partition coefficient (Wildman–Crippen LogP) is 2.71. The fraction of sp³-hybridized carbons (Fsp3) is 0.263. The third-order valence-corrected chi connectivity index (χ3v) is 4.19. The van der Waals surface area contributed by atoms with Crippen LogP contribution in [0, 0.1) is 0 Å². The minimum Gasteiger partial charge on any atom is -0.478 e. The smallest absolute Gasteiger partial charge is 0.335 e. The van der Waals surface area contributed by atoms with Gasteiger partial charge in [0.15, 0.2) is 0 Å². The molecule has 1 atom stereocenters. The average Bonchev–Trinajstić information content (AvgIpc) is 2.61. The van der Waals surface area contributed by atoms with Gasteiger partial charge in [-0.3, -0.25) is 4.79 Å². The number of carboxylic acids is 1. The normalized spacial score (nSPS) is 16.2.